The second kappa shape index (κ2) is 6.79. The summed E-state index contributed by atoms with van der Waals surface area (Å²) in [5, 5.41) is 0. The highest BCUT2D eigenvalue weighted by molar-refractivity contribution is 9.10. The molecule has 3 nitrogen and oxygen atoms in total. The van der Waals surface area contributed by atoms with Gasteiger partial charge in [-0.1, -0.05) is 26.7 Å². The van der Waals surface area contributed by atoms with Crippen LogP contribution >= 0.6 is 15.9 Å². The maximum Gasteiger partial charge on any atom is 0.270 e. The van der Waals surface area contributed by atoms with Gasteiger partial charge in [0.1, 0.15) is 5.69 Å². The molecule has 0 spiro atoms. The summed E-state index contributed by atoms with van der Waals surface area (Å²) in [5.74, 6) is 0.817. The van der Waals surface area contributed by atoms with Crippen LogP contribution in [0, 0.1) is 5.92 Å². The van der Waals surface area contributed by atoms with Crippen molar-refractivity contribution in [2.75, 3.05) is 6.54 Å². The van der Waals surface area contributed by atoms with Crippen LogP contribution in [0.5, 0.6) is 0 Å². The Labute approximate surface area is 130 Å². The van der Waals surface area contributed by atoms with Crippen molar-refractivity contribution in [1.29, 1.82) is 0 Å². The quantitative estimate of drug-likeness (QED) is 0.787. The number of halogens is 1. The summed E-state index contributed by atoms with van der Waals surface area (Å²) in [4.78, 5) is 15.0. The fourth-order valence-electron chi connectivity index (χ4n) is 2.95. The van der Waals surface area contributed by atoms with Crippen molar-refractivity contribution in [3.05, 3.63) is 22.4 Å². The van der Waals surface area contributed by atoms with E-state index in [1.54, 1.807) is 0 Å². The lowest BCUT2D eigenvalue weighted by Crippen LogP contribution is -2.40. The third-order valence-electron chi connectivity index (χ3n) is 4.16. The Hall–Kier alpha value is -0.770. The Morgan fingerprint density at radius 1 is 1.45 bits per heavy atom. The normalized spacial score (nSPS) is 16.1. The standard InChI is InChI=1S/C16H25BrN2O/c1-12(2)8-9-19(14-6-4-5-7-14)16(20)15-10-13(17)11-18(15)3/h10-12,14H,4-9H2,1-3H3. The molecule has 0 aromatic carbocycles. The highest BCUT2D eigenvalue weighted by Crippen LogP contribution is 2.26. The number of aryl methyl sites for hydroxylation is 1. The third-order valence-corrected chi connectivity index (χ3v) is 4.60. The smallest absolute Gasteiger partial charge is 0.270 e. The molecule has 1 saturated carbocycles. The van der Waals surface area contributed by atoms with Crippen LogP contribution in [0.4, 0.5) is 0 Å². The van der Waals surface area contributed by atoms with Gasteiger partial charge >= 0.3 is 0 Å². The van der Waals surface area contributed by atoms with Crippen molar-refractivity contribution in [3.8, 4) is 0 Å². The molecule has 1 aliphatic carbocycles. The molecule has 0 unspecified atom stereocenters. The number of carbonyl (C=O) groups is 1. The summed E-state index contributed by atoms with van der Waals surface area (Å²) in [6.45, 7) is 5.32. The number of hydrogen-bond acceptors (Lipinski definition) is 1. The molecule has 1 aromatic rings. The van der Waals surface area contributed by atoms with Crippen LogP contribution in [0.25, 0.3) is 0 Å². The maximum absolute atomic E-state index is 12.9. The van der Waals surface area contributed by atoms with Gasteiger partial charge in [-0.05, 0) is 47.2 Å². The predicted octanol–water partition coefficient (Wildman–Crippen LogP) is 4.22. The van der Waals surface area contributed by atoms with Gasteiger partial charge in [-0.15, -0.1) is 0 Å². The van der Waals surface area contributed by atoms with Crippen molar-refractivity contribution in [2.24, 2.45) is 13.0 Å². The van der Waals surface area contributed by atoms with Gasteiger partial charge in [0.05, 0.1) is 0 Å². The average Bonchev–Trinajstić information content (AvgIpc) is 2.99. The zero-order valence-electron chi connectivity index (χ0n) is 12.7. The van der Waals surface area contributed by atoms with Crippen molar-refractivity contribution in [1.82, 2.24) is 9.47 Å². The summed E-state index contributed by atoms with van der Waals surface area (Å²) in [6, 6.07) is 2.37. The molecule has 0 atom stereocenters. The number of hydrogen-bond donors (Lipinski definition) is 0. The second-order valence-electron chi connectivity index (χ2n) is 6.27. The Kier molecular flexibility index (Phi) is 5.30. The molecule has 1 aromatic heterocycles. The van der Waals surface area contributed by atoms with Crippen molar-refractivity contribution in [2.45, 2.75) is 52.0 Å². The van der Waals surface area contributed by atoms with E-state index < -0.39 is 0 Å². The minimum Gasteiger partial charge on any atom is -0.345 e. The molecule has 0 N–H and O–H groups in total. The molecular formula is C16H25BrN2O. The van der Waals surface area contributed by atoms with E-state index >= 15 is 0 Å². The summed E-state index contributed by atoms with van der Waals surface area (Å²) in [7, 11) is 1.94. The van der Waals surface area contributed by atoms with Gasteiger partial charge in [-0.3, -0.25) is 4.79 Å². The Balaban J connectivity index is 2.16. The number of rotatable bonds is 5. The molecule has 2 rings (SSSR count). The summed E-state index contributed by atoms with van der Waals surface area (Å²) in [6.07, 6.45) is 7.86. The van der Waals surface area contributed by atoms with E-state index in [9.17, 15) is 4.79 Å². The molecule has 0 aliphatic heterocycles. The van der Waals surface area contributed by atoms with E-state index in [1.165, 1.54) is 12.8 Å². The molecule has 20 heavy (non-hydrogen) atoms. The van der Waals surface area contributed by atoms with E-state index in [4.69, 9.17) is 0 Å². The Bertz CT molecular complexity index is 461. The van der Waals surface area contributed by atoms with Crippen LogP contribution in [0.1, 0.15) is 56.4 Å². The Morgan fingerprint density at radius 3 is 2.60 bits per heavy atom. The van der Waals surface area contributed by atoms with Crippen LogP contribution in [0.2, 0.25) is 0 Å². The predicted molar refractivity (Wildman–Crippen MR) is 85.9 cm³/mol. The first-order valence-electron chi connectivity index (χ1n) is 7.62. The van der Waals surface area contributed by atoms with E-state index in [1.807, 2.05) is 23.9 Å². The van der Waals surface area contributed by atoms with Gasteiger partial charge in [-0.25, -0.2) is 0 Å². The fourth-order valence-corrected chi connectivity index (χ4v) is 3.47. The van der Waals surface area contributed by atoms with Crippen LogP contribution in [0.15, 0.2) is 16.7 Å². The second-order valence-corrected chi connectivity index (χ2v) is 7.19. The molecular weight excluding hydrogens is 316 g/mol. The average molecular weight is 341 g/mol. The van der Waals surface area contributed by atoms with Crippen LogP contribution in [0.3, 0.4) is 0 Å². The SMILES string of the molecule is CC(C)CCN(C(=O)c1cc(Br)cn1C)C1CCCC1. The molecule has 0 radical (unpaired) electrons. The zero-order chi connectivity index (χ0) is 14.7. The number of aromatic nitrogens is 1. The van der Waals surface area contributed by atoms with Gasteiger partial charge < -0.3 is 9.47 Å². The fraction of sp³-hybridized carbons (Fsp3) is 0.688. The highest BCUT2D eigenvalue weighted by Gasteiger charge is 2.28. The number of nitrogens with zero attached hydrogens (tertiary/aromatic N) is 2. The molecule has 4 heteroatoms. The molecule has 1 fully saturated rings. The topological polar surface area (TPSA) is 25.2 Å². The lowest BCUT2D eigenvalue weighted by atomic mass is 10.1. The van der Waals surface area contributed by atoms with E-state index in [-0.39, 0.29) is 5.91 Å². The van der Waals surface area contributed by atoms with Crippen LogP contribution in [-0.4, -0.2) is 28.0 Å². The molecule has 1 heterocycles. The lowest BCUT2D eigenvalue weighted by molar-refractivity contribution is 0.0662. The molecule has 0 saturated heterocycles. The summed E-state index contributed by atoms with van der Waals surface area (Å²) < 4.78 is 2.89. The van der Waals surface area contributed by atoms with Gasteiger partial charge in [0.2, 0.25) is 0 Å². The summed E-state index contributed by atoms with van der Waals surface area (Å²) >= 11 is 3.45. The minimum absolute atomic E-state index is 0.186. The zero-order valence-corrected chi connectivity index (χ0v) is 14.3. The minimum atomic E-state index is 0.186. The van der Waals surface area contributed by atoms with E-state index in [2.05, 4.69) is 34.7 Å². The van der Waals surface area contributed by atoms with E-state index in [0.717, 1.165) is 36.0 Å². The van der Waals surface area contributed by atoms with Gasteiger partial charge in [-0.2, -0.15) is 0 Å². The van der Waals surface area contributed by atoms with Gasteiger partial charge in [0.15, 0.2) is 0 Å². The van der Waals surface area contributed by atoms with Gasteiger partial charge in [0.25, 0.3) is 5.91 Å². The third kappa shape index (κ3) is 3.66. The van der Waals surface area contributed by atoms with Gasteiger partial charge in [0, 0.05) is 30.3 Å². The molecule has 112 valence electrons. The summed E-state index contributed by atoms with van der Waals surface area (Å²) in [5.41, 5.74) is 0.785. The van der Waals surface area contributed by atoms with Crippen LogP contribution < -0.4 is 0 Å². The molecule has 1 aliphatic rings. The lowest BCUT2D eigenvalue weighted by Gasteiger charge is -2.30. The van der Waals surface area contributed by atoms with Crippen molar-refractivity contribution < 1.29 is 4.79 Å². The van der Waals surface area contributed by atoms with E-state index in [0.29, 0.717) is 12.0 Å². The number of amides is 1. The first-order valence-corrected chi connectivity index (χ1v) is 8.41. The van der Waals surface area contributed by atoms with Crippen LogP contribution in [-0.2, 0) is 7.05 Å². The molecule has 0 bridgehead atoms. The Morgan fingerprint density at radius 2 is 2.10 bits per heavy atom. The maximum atomic E-state index is 12.9. The monoisotopic (exact) mass is 340 g/mol. The first kappa shape index (κ1) is 15.6. The van der Waals surface area contributed by atoms with Crippen molar-refractivity contribution in [3.63, 3.8) is 0 Å². The number of carbonyl (C=O) groups excluding carboxylic acids is 1. The highest BCUT2D eigenvalue weighted by atomic mass is 79.9. The first-order chi connectivity index (χ1) is 9.49. The molecule has 1 amide bonds. The largest absolute Gasteiger partial charge is 0.345 e. The van der Waals surface area contributed by atoms with Crippen molar-refractivity contribution >= 4 is 21.8 Å².